The van der Waals surface area contributed by atoms with E-state index in [1.807, 2.05) is 6.92 Å². The average molecular weight is 393 g/mol. The standard InChI is InChI=1S/C26H33NO2/c1-2-29-24-16-7-6-14-22(24)25-23-15-8-9-17-26(23,28)18-20-27(25)19-10-13-21-11-4-3-5-12-21/h3-7,10-14,16,23,25,28H,2,8-9,15,17-20H2,1H3/p+1/b13-10+/t23-,25+,26-/m1/s1. The number of fused-ring (bicyclic) bond motifs is 1. The van der Waals surface area contributed by atoms with E-state index in [0.29, 0.717) is 12.5 Å². The summed E-state index contributed by atoms with van der Waals surface area (Å²) < 4.78 is 6.01. The second kappa shape index (κ2) is 9.15. The summed E-state index contributed by atoms with van der Waals surface area (Å²) in [6.07, 6.45) is 9.84. The van der Waals surface area contributed by atoms with E-state index in [2.05, 4.69) is 66.7 Å². The zero-order chi connectivity index (χ0) is 20.1. The van der Waals surface area contributed by atoms with Gasteiger partial charge in [-0.25, -0.2) is 0 Å². The Morgan fingerprint density at radius 1 is 1.07 bits per heavy atom. The minimum Gasteiger partial charge on any atom is -0.493 e. The van der Waals surface area contributed by atoms with Gasteiger partial charge in [-0.15, -0.1) is 0 Å². The fourth-order valence-corrected chi connectivity index (χ4v) is 5.45. The largest absolute Gasteiger partial charge is 0.493 e. The molecule has 2 aliphatic rings. The number of para-hydroxylation sites is 1. The zero-order valence-corrected chi connectivity index (χ0v) is 17.5. The molecular weight excluding hydrogens is 358 g/mol. The third-order valence-electron chi connectivity index (χ3n) is 6.83. The van der Waals surface area contributed by atoms with Crippen LogP contribution < -0.4 is 9.64 Å². The fourth-order valence-electron chi connectivity index (χ4n) is 5.45. The van der Waals surface area contributed by atoms with Crippen molar-refractivity contribution in [1.29, 1.82) is 0 Å². The van der Waals surface area contributed by atoms with Gasteiger partial charge in [0.1, 0.15) is 11.8 Å². The van der Waals surface area contributed by atoms with Gasteiger partial charge in [0, 0.05) is 12.3 Å². The number of piperidine rings is 1. The first-order valence-corrected chi connectivity index (χ1v) is 11.2. The van der Waals surface area contributed by atoms with Crippen LogP contribution in [0.4, 0.5) is 0 Å². The Bertz CT molecular complexity index is 818. The lowest BCUT2D eigenvalue weighted by atomic mass is 9.66. The highest BCUT2D eigenvalue weighted by molar-refractivity contribution is 5.48. The van der Waals surface area contributed by atoms with Crippen LogP contribution in [-0.4, -0.2) is 30.4 Å². The van der Waals surface area contributed by atoms with E-state index < -0.39 is 5.60 Å². The first kappa shape index (κ1) is 20.2. The van der Waals surface area contributed by atoms with Crippen molar-refractivity contribution in [1.82, 2.24) is 0 Å². The molecule has 2 aromatic carbocycles. The highest BCUT2D eigenvalue weighted by Crippen LogP contribution is 2.45. The molecule has 1 aliphatic heterocycles. The lowest BCUT2D eigenvalue weighted by Crippen LogP contribution is -3.14. The van der Waals surface area contributed by atoms with Crippen LogP contribution >= 0.6 is 0 Å². The number of ether oxygens (including phenoxy) is 1. The molecule has 29 heavy (non-hydrogen) atoms. The van der Waals surface area contributed by atoms with Crippen LogP contribution in [0.1, 0.15) is 56.2 Å². The van der Waals surface area contributed by atoms with Crippen molar-refractivity contribution in [3.63, 3.8) is 0 Å². The number of nitrogens with one attached hydrogen (secondary N) is 1. The van der Waals surface area contributed by atoms with Crippen molar-refractivity contribution in [2.75, 3.05) is 19.7 Å². The predicted molar refractivity (Wildman–Crippen MR) is 118 cm³/mol. The molecule has 1 aliphatic carbocycles. The van der Waals surface area contributed by atoms with Gasteiger partial charge in [0.25, 0.3) is 0 Å². The first-order chi connectivity index (χ1) is 14.2. The number of rotatable bonds is 6. The molecular formula is C26H34NO2+. The summed E-state index contributed by atoms with van der Waals surface area (Å²) in [6.45, 7) is 4.67. The van der Waals surface area contributed by atoms with Gasteiger partial charge >= 0.3 is 0 Å². The molecule has 1 saturated carbocycles. The van der Waals surface area contributed by atoms with Gasteiger partial charge in [-0.3, -0.25) is 0 Å². The topological polar surface area (TPSA) is 33.9 Å². The molecule has 0 aromatic heterocycles. The van der Waals surface area contributed by atoms with Gasteiger partial charge in [-0.2, -0.15) is 0 Å². The summed E-state index contributed by atoms with van der Waals surface area (Å²) in [6, 6.07) is 19.3. The molecule has 3 nitrogen and oxygen atoms in total. The summed E-state index contributed by atoms with van der Waals surface area (Å²) in [5, 5.41) is 11.5. The van der Waals surface area contributed by atoms with E-state index in [0.717, 1.165) is 44.5 Å². The molecule has 2 fully saturated rings. The van der Waals surface area contributed by atoms with E-state index in [-0.39, 0.29) is 6.04 Å². The Morgan fingerprint density at radius 3 is 2.69 bits per heavy atom. The van der Waals surface area contributed by atoms with Crippen LogP contribution in [0.15, 0.2) is 60.7 Å². The molecule has 1 unspecified atom stereocenters. The van der Waals surface area contributed by atoms with Gasteiger partial charge in [0.05, 0.1) is 30.9 Å². The SMILES string of the molecule is CCOc1ccccc1[C@H]1[C@H]2CCCC[C@@]2(O)CC[NH+]1C/C=C/c1ccccc1. The number of likely N-dealkylation sites (tertiary alicyclic amines) is 1. The summed E-state index contributed by atoms with van der Waals surface area (Å²) in [7, 11) is 0. The van der Waals surface area contributed by atoms with E-state index in [1.165, 1.54) is 17.5 Å². The lowest BCUT2D eigenvalue weighted by molar-refractivity contribution is -0.939. The van der Waals surface area contributed by atoms with E-state index in [9.17, 15) is 5.11 Å². The molecule has 4 rings (SSSR count). The van der Waals surface area contributed by atoms with Crippen molar-refractivity contribution in [3.8, 4) is 5.75 Å². The number of aliphatic hydroxyl groups is 1. The van der Waals surface area contributed by atoms with Gasteiger partial charge in [0.15, 0.2) is 0 Å². The summed E-state index contributed by atoms with van der Waals surface area (Å²) in [5.74, 6) is 1.28. The van der Waals surface area contributed by atoms with Gasteiger partial charge in [0.2, 0.25) is 0 Å². The van der Waals surface area contributed by atoms with Gasteiger partial charge in [-0.1, -0.05) is 61.4 Å². The Morgan fingerprint density at radius 2 is 1.86 bits per heavy atom. The molecule has 1 heterocycles. The van der Waals surface area contributed by atoms with Crippen LogP contribution in [0.25, 0.3) is 6.08 Å². The normalized spacial score (nSPS) is 29.5. The Balaban J connectivity index is 1.63. The Hall–Kier alpha value is -2.10. The molecule has 2 aromatic rings. The van der Waals surface area contributed by atoms with Crippen molar-refractivity contribution in [3.05, 3.63) is 71.8 Å². The maximum Gasteiger partial charge on any atom is 0.128 e. The van der Waals surface area contributed by atoms with Crippen molar-refractivity contribution < 1.29 is 14.7 Å². The number of hydrogen-bond donors (Lipinski definition) is 2. The fraction of sp³-hybridized carbons (Fsp3) is 0.462. The van der Waals surface area contributed by atoms with Crippen LogP contribution in [0.5, 0.6) is 5.75 Å². The zero-order valence-electron chi connectivity index (χ0n) is 17.5. The van der Waals surface area contributed by atoms with Crippen molar-refractivity contribution >= 4 is 6.08 Å². The van der Waals surface area contributed by atoms with Crippen LogP contribution in [0.3, 0.4) is 0 Å². The molecule has 1 saturated heterocycles. The molecule has 0 amide bonds. The molecule has 2 N–H and O–H groups in total. The Kier molecular flexibility index (Phi) is 6.37. The number of benzene rings is 2. The van der Waals surface area contributed by atoms with Crippen molar-refractivity contribution in [2.45, 2.75) is 50.7 Å². The molecule has 0 spiro atoms. The lowest BCUT2D eigenvalue weighted by Gasteiger charge is -2.50. The second-order valence-electron chi connectivity index (χ2n) is 8.58. The number of hydrogen-bond acceptors (Lipinski definition) is 2. The molecule has 154 valence electrons. The minimum atomic E-state index is -0.519. The highest BCUT2D eigenvalue weighted by Gasteiger charge is 2.52. The average Bonchev–Trinajstić information content (AvgIpc) is 2.75. The molecule has 3 heteroatoms. The van der Waals surface area contributed by atoms with Gasteiger partial charge in [-0.05, 0) is 43.5 Å². The number of quaternary nitrogens is 1. The minimum absolute atomic E-state index is 0.275. The third kappa shape index (κ3) is 4.41. The quantitative estimate of drug-likeness (QED) is 0.778. The van der Waals surface area contributed by atoms with Crippen LogP contribution in [0, 0.1) is 5.92 Å². The van der Waals surface area contributed by atoms with E-state index in [1.54, 1.807) is 4.90 Å². The van der Waals surface area contributed by atoms with Gasteiger partial charge < -0.3 is 14.7 Å². The third-order valence-corrected chi connectivity index (χ3v) is 6.83. The van der Waals surface area contributed by atoms with E-state index >= 15 is 0 Å². The van der Waals surface area contributed by atoms with Crippen LogP contribution in [0.2, 0.25) is 0 Å². The first-order valence-electron chi connectivity index (χ1n) is 11.2. The second-order valence-corrected chi connectivity index (χ2v) is 8.58. The highest BCUT2D eigenvalue weighted by atomic mass is 16.5. The Labute approximate surface area is 175 Å². The summed E-state index contributed by atoms with van der Waals surface area (Å²) >= 11 is 0. The van der Waals surface area contributed by atoms with E-state index in [4.69, 9.17) is 4.74 Å². The smallest absolute Gasteiger partial charge is 0.128 e. The molecule has 0 bridgehead atoms. The summed E-state index contributed by atoms with van der Waals surface area (Å²) in [5.41, 5.74) is 1.99. The van der Waals surface area contributed by atoms with Crippen LogP contribution in [-0.2, 0) is 0 Å². The predicted octanol–water partition coefficient (Wildman–Crippen LogP) is 4.05. The summed E-state index contributed by atoms with van der Waals surface area (Å²) in [4.78, 5) is 1.54. The van der Waals surface area contributed by atoms with Crippen molar-refractivity contribution in [2.24, 2.45) is 5.92 Å². The molecule has 0 radical (unpaired) electrons. The maximum atomic E-state index is 11.5. The molecule has 4 atom stereocenters. The monoisotopic (exact) mass is 392 g/mol. The maximum absolute atomic E-state index is 11.5.